The van der Waals surface area contributed by atoms with Gasteiger partial charge in [-0.05, 0) is 72.4 Å². The van der Waals surface area contributed by atoms with Gasteiger partial charge in [0.15, 0.2) is 12.3 Å². The van der Waals surface area contributed by atoms with E-state index in [1.165, 1.54) is 18.4 Å². The lowest BCUT2D eigenvalue weighted by molar-refractivity contribution is -0.134. The smallest absolute Gasteiger partial charge is 0.277 e. The Labute approximate surface area is 233 Å². The molecule has 1 atom stereocenters. The number of halogens is 1. The maximum Gasteiger partial charge on any atom is 0.277 e. The van der Waals surface area contributed by atoms with Crippen molar-refractivity contribution in [2.75, 3.05) is 11.9 Å². The Bertz CT molecular complexity index is 1510. The SMILES string of the molecule is Cc1ccc(NC(=O)c2coc(COc3ccc4c(c3)[C@@H](c3cccc(F)c3)N(C(=O)CC(C)C)CC4)n2)cc1. The van der Waals surface area contributed by atoms with Crippen molar-refractivity contribution in [2.45, 2.75) is 46.3 Å². The molecule has 0 bridgehead atoms. The molecule has 0 unspecified atom stereocenters. The second kappa shape index (κ2) is 11.7. The van der Waals surface area contributed by atoms with Gasteiger partial charge in [-0.2, -0.15) is 0 Å². The van der Waals surface area contributed by atoms with Gasteiger partial charge in [-0.25, -0.2) is 9.37 Å². The molecule has 1 aliphatic heterocycles. The van der Waals surface area contributed by atoms with Crippen molar-refractivity contribution in [2.24, 2.45) is 5.92 Å². The number of amides is 2. The molecule has 2 heterocycles. The number of benzene rings is 3. The quantitative estimate of drug-likeness (QED) is 0.276. The van der Waals surface area contributed by atoms with Crippen LogP contribution in [0.4, 0.5) is 10.1 Å². The third-order valence-electron chi connectivity index (χ3n) is 6.87. The Morgan fingerprint density at radius 3 is 2.67 bits per heavy atom. The molecule has 1 aromatic heterocycles. The lowest BCUT2D eigenvalue weighted by Crippen LogP contribution is -2.41. The number of aromatic nitrogens is 1. The predicted octanol–water partition coefficient (Wildman–Crippen LogP) is 6.47. The Kier molecular flexibility index (Phi) is 7.96. The van der Waals surface area contributed by atoms with Gasteiger partial charge in [-0.3, -0.25) is 9.59 Å². The molecule has 0 aliphatic carbocycles. The summed E-state index contributed by atoms with van der Waals surface area (Å²) in [5, 5.41) is 2.79. The molecule has 1 aliphatic rings. The first-order valence-electron chi connectivity index (χ1n) is 13.4. The van der Waals surface area contributed by atoms with E-state index in [9.17, 15) is 14.0 Å². The highest BCUT2D eigenvalue weighted by Crippen LogP contribution is 2.38. The number of hydrogen-bond acceptors (Lipinski definition) is 5. The average Bonchev–Trinajstić information content (AvgIpc) is 3.41. The highest BCUT2D eigenvalue weighted by Gasteiger charge is 2.32. The molecule has 0 fully saturated rings. The van der Waals surface area contributed by atoms with E-state index in [4.69, 9.17) is 9.15 Å². The zero-order valence-electron chi connectivity index (χ0n) is 22.8. The summed E-state index contributed by atoms with van der Waals surface area (Å²) in [5.74, 6) is 0.333. The fraction of sp³-hybridized carbons (Fsp3) is 0.281. The molecule has 206 valence electrons. The van der Waals surface area contributed by atoms with Crippen molar-refractivity contribution >= 4 is 17.5 Å². The Morgan fingerprint density at radius 1 is 1.12 bits per heavy atom. The number of hydrogen-bond donors (Lipinski definition) is 1. The molecule has 2 amide bonds. The summed E-state index contributed by atoms with van der Waals surface area (Å²) < 4.78 is 25.7. The topological polar surface area (TPSA) is 84.7 Å². The molecule has 7 nitrogen and oxygen atoms in total. The van der Waals surface area contributed by atoms with Crippen LogP contribution in [0, 0.1) is 18.7 Å². The normalized spacial score (nSPS) is 14.6. The van der Waals surface area contributed by atoms with Crippen LogP contribution in [0.3, 0.4) is 0 Å². The van der Waals surface area contributed by atoms with Crippen molar-refractivity contribution in [3.05, 3.63) is 113 Å². The van der Waals surface area contributed by atoms with Crippen LogP contribution < -0.4 is 10.1 Å². The Morgan fingerprint density at radius 2 is 1.93 bits per heavy atom. The number of carbonyl (C=O) groups is 2. The minimum atomic E-state index is -0.423. The molecule has 0 saturated heterocycles. The van der Waals surface area contributed by atoms with E-state index in [1.807, 2.05) is 74.2 Å². The van der Waals surface area contributed by atoms with Crippen LogP contribution in [-0.2, 0) is 17.8 Å². The van der Waals surface area contributed by atoms with Crippen molar-refractivity contribution in [1.29, 1.82) is 0 Å². The third-order valence-corrected chi connectivity index (χ3v) is 6.87. The van der Waals surface area contributed by atoms with Crippen molar-refractivity contribution in [1.82, 2.24) is 9.88 Å². The lowest BCUT2D eigenvalue weighted by atomic mass is 9.87. The fourth-order valence-corrected chi connectivity index (χ4v) is 4.91. The largest absolute Gasteiger partial charge is 0.484 e. The summed E-state index contributed by atoms with van der Waals surface area (Å²) in [4.78, 5) is 31.9. The summed E-state index contributed by atoms with van der Waals surface area (Å²) in [5.41, 5.74) is 4.61. The Balaban J connectivity index is 1.33. The zero-order chi connectivity index (χ0) is 28.2. The predicted molar refractivity (Wildman–Crippen MR) is 150 cm³/mol. The number of fused-ring (bicyclic) bond motifs is 1. The van der Waals surface area contributed by atoms with Gasteiger partial charge in [0, 0.05) is 18.7 Å². The number of nitrogens with zero attached hydrogens (tertiary/aromatic N) is 2. The summed E-state index contributed by atoms with van der Waals surface area (Å²) in [7, 11) is 0. The van der Waals surface area contributed by atoms with Gasteiger partial charge in [-0.15, -0.1) is 0 Å². The van der Waals surface area contributed by atoms with E-state index in [1.54, 1.807) is 6.07 Å². The molecule has 5 rings (SSSR count). The van der Waals surface area contributed by atoms with Gasteiger partial charge in [0.2, 0.25) is 11.8 Å². The van der Waals surface area contributed by atoms with Crippen molar-refractivity contribution in [3.8, 4) is 5.75 Å². The molecule has 4 aromatic rings. The van der Waals surface area contributed by atoms with E-state index >= 15 is 0 Å². The van der Waals surface area contributed by atoms with Gasteiger partial charge in [0.1, 0.15) is 17.8 Å². The lowest BCUT2D eigenvalue weighted by Gasteiger charge is -2.38. The first-order chi connectivity index (χ1) is 19.3. The molecule has 0 saturated carbocycles. The second-order valence-corrected chi connectivity index (χ2v) is 10.5. The first kappa shape index (κ1) is 27.1. The molecule has 3 aromatic carbocycles. The molecule has 1 N–H and O–H groups in total. The second-order valence-electron chi connectivity index (χ2n) is 10.5. The summed E-state index contributed by atoms with van der Waals surface area (Å²) in [6.07, 6.45) is 2.42. The van der Waals surface area contributed by atoms with Gasteiger partial charge in [0.05, 0.1) is 6.04 Å². The molecular weight excluding hydrogens is 509 g/mol. The molecule has 40 heavy (non-hydrogen) atoms. The number of oxazole rings is 1. The van der Waals surface area contributed by atoms with Crippen LogP contribution >= 0.6 is 0 Å². The van der Waals surface area contributed by atoms with E-state index in [0.717, 1.165) is 16.7 Å². The van der Waals surface area contributed by atoms with Crippen LogP contribution in [0.15, 0.2) is 77.4 Å². The van der Waals surface area contributed by atoms with Crippen LogP contribution in [-0.4, -0.2) is 28.2 Å². The van der Waals surface area contributed by atoms with E-state index in [0.29, 0.717) is 36.4 Å². The average molecular weight is 542 g/mol. The number of aryl methyl sites for hydroxylation is 1. The number of ether oxygens (including phenoxy) is 1. The fourth-order valence-electron chi connectivity index (χ4n) is 4.91. The standard InChI is InChI=1S/C32H32FN3O4/c1-20(2)15-30(37)36-14-13-22-9-12-26(17-27(22)31(36)23-5-4-6-24(33)16-23)39-19-29-35-28(18-40-29)32(38)34-25-10-7-21(3)8-11-25/h4-12,16-18,20,31H,13-15,19H2,1-3H3,(H,34,38)/t31-/m1/s1. The van der Waals surface area contributed by atoms with Crippen LogP contribution in [0.5, 0.6) is 5.75 Å². The number of anilines is 1. The molecule has 0 spiro atoms. The monoisotopic (exact) mass is 541 g/mol. The van der Waals surface area contributed by atoms with E-state index in [2.05, 4.69) is 10.3 Å². The van der Waals surface area contributed by atoms with Crippen molar-refractivity contribution in [3.63, 3.8) is 0 Å². The van der Waals surface area contributed by atoms with Gasteiger partial charge in [-0.1, -0.05) is 49.7 Å². The van der Waals surface area contributed by atoms with Crippen LogP contribution in [0.1, 0.15) is 64.9 Å². The van der Waals surface area contributed by atoms with Crippen LogP contribution in [0.2, 0.25) is 0 Å². The minimum absolute atomic E-state index is 0.0111. The van der Waals surface area contributed by atoms with Gasteiger partial charge >= 0.3 is 0 Å². The Hall–Kier alpha value is -4.46. The molecule has 0 radical (unpaired) electrons. The zero-order valence-corrected chi connectivity index (χ0v) is 22.8. The highest BCUT2D eigenvalue weighted by atomic mass is 19.1. The maximum absolute atomic E-state index is 14.2. The number of nitrogens with one attached hydrogen (secondary N) is 1. The van der Waals surface area contributed by atoms with Gasteiger partial charge < -0.3 is 19.4 Å². The highest BCUT2D eigenvalue weighted by molar-refractivity contribution is 6.02. The first-order valence-corrected chi connectivity index (χ1v) is 13.4. The maximum atomic E-state index is 14.2. The summed E-state index contributed by atoms with van der Waals surface area (Å²) in [6, 6.07) is 19.2. The summed E-state index contributed by atoms with van der Waals surface area (Å²) >= 11 is 0. The van der Waals surface area contributed by atoms with E-state index < -0.39 is 6.04 Å². The van der Waals surface area contributed by atoms with Crippen molar-refractivity contribution < 1.29 is 23.1 Å². The van der Waals surface area contributed by atoms with Gasteiger partial charge in [0.25, 0.3) is 5.91 Å². The number of rotatable bonds is 8. The molecular formula is C32H32FN3O4. The number of carbonyl (C=O) groups excluding carboxylic acids is 2. The van der Waals surface area contributed by atoms with E-state index in [-0.39, 0.29) is 41.7 Å². The molecule has 8 heteroatoms. The minimum Gasteiger partial charge on any atom is -0.484 e. The third kappa shape index (κ3) is 6.22. The van der Waals surface area contributed by atoms with Crippen LogP contribution in [0.25, 0.3) is 0 Å². The summed E-state index contributed by atoms with van der Waals surface area (Å²) in [6.45, 7) is 6.57.